The molecule has 9 heteroatoms. The Labute approximate surface area is 158 Å². The molecule has 140 valence electrons. The molecular formula is C18H16F2N4O2S. The van der Waals surface area contributed by atoms with Crippen molar-refractivity contribution >= 4 is 28.5 Å². The van der Waals surface area contributed by atoms with Gasteiger partial charge in [-0.05, 0) is 30.3 Å². The summed E-state index contributed by atoms with van der Waals surface area (Å²) in [5.41, 5.74) is 5.77. The minimum Gasteiger partial charge on any atom is -0.379 e. The van der Waals surface area contributed by atoms with Gasteiger partial charge in [-0.15, -0.1) is 0 Å². The van der Waals surface area contributed by atoms with E-state index in [1.165, 1.54) is 30.0 Å². The number of nitrogens with one attached hydrogen (secondary N) is 1. The number of halogens is 2. The fourth-order valence-corrected chi connectivity index (χ4v) is 4.31. The highest BCUT2D eigenvalue weighted by Gasteiger charge is 2.49. The van der Waals surface area contributed by atoms with E-state index in [0.717, 1.165) is 12.3 Å². The number of rotatable bonds is 3. The third-order valence-corrected chi connectivity index (χ3v) is 5.67. The number of hydrogen-bond acceptors (Lipinski definition) is 6. The number of nitrogens with two attached hydrogens (primary N) is 1. The summed E-state index contributed by atoms with van der Waals surface area (Å²) >= 11 is 1.42. The molecule has 0 radical (unpaired) electrons. The molecule has 0 bridgehead atoms. The number of aromatic nitrogens is 1. The normalized spacial score (nSPS) is 24.2. The van der Waals surface area contributed by atoms with Crippen molar-refractivity contribution in [3.05, 3.63) is 59.4 Å². The summed E-state index contributed by atoms with van der Waals surface area (Å²) in [6, 6.07) is 6.70. The van der Waals surface area contributed by atoms with Crippen LogP contribution in [-0.4, -0.2) is 35.0 Å². The number of carbonyl (C=O) groups is 1. The maximum Gasteiger partial charge on any atom is 0.274 e. The van der Waals surface area contributed by atoms with Gasteiger partial charge in [-0.1, -0.05) is 11.8 Å². The number of ether oxygens (including phenoxy) is 1. The van der Waals surface area contributed by atoms with Crippen molar-refractivity contribution in [3.8, 4) is 0 Å². The summed E-state index contributed by atoms with van der Waals surface area (Å²) in [4.78, 5) is 20.6. The zero-order chi connectivity index (χ0) is 19.0. The predicted octanol–water partition coefficient (Wildman–Crippen LogP) is 2.52. The Bertz CT molecular complexity index is 922. The minimum absolute atomic E-state index is 0.00554. The molecule has 2 aromatic rings. The van der Waals surface area contributed by atoms with Crippen LogP contribution in [0.5, 0.6) is 0 Å². The first kappa shape index (κ1) is 17.9. The van der Waals surface area contributed by atoms with Crippen molar-refractivity contribution in [2.75, 3.05) is 24.3 Å². The van der Waals surface area contributed by atoms with Gasteiger partial charge in [0.25, 0.3) is 5.91 Å². The van der Waals surface area contributed by atoms with Gasteiger partial charge in [0.05, 0.1) is 19.4 Å². The van der Waals surface area contributed by atoms with Crippen LogP contribution in [-0.2, 0) is 10.3 Å². The van der Waals surface area contributed by atoms with Crippen LogP contribution in [0.2, 0.25) is 0 Å². The molecule has 1 unspecified atom stereocenters. The number of nitrogens with zero attached hydrogens (tertiary/aromatic N) is 2. The lowest BCUT2D eigenvalue weighted by atomic mass is 9.81. The average molecular weight is 390 g/mol. The lowest BCUT2D eigenvalue weighted by Crippen LogP contribution is -2.40. The second kappa shape index (κ2) is 6.90. The van der Waals surface area contributed by atoms with E-state index < -0.39 is 23.1 Å². The monoisotopic (exact) mass is 390 g/mol. The summed E-state index contributed by atoms with van der Waals surface area (Å²) in [5.74, 6) is -0.815. The Kier molecular flexibility index (Phi) is 4.56. The Morgan fingerprint density at radius 2 is 2.19 bits per heavy atom. The largest absolute Gasteiger partial charge is 0.379 e. The van der Waals surface area contributed by atoms with Gasteiger partial charge in [-0.2, -0.15) is 0 Å². The Morgan fingerprint density at radius 1 is 1.33 bits per heavy atom. The molecular weight excluding hydrogens is 374 g/mol. The molecule has 2 atom stereocenters. The molecule has 1 aromatic carbocycles. The van der Waals surface area contributed by atoms with Crippen molar-refractivity contribution in [1.29, 1.82) is 0 Å². The van der Waals surface area contributed by atoms with Crippen molar-refractivity contribution in [3.63, 3.8) is 0 Å². The number of aliphatic imine (C=N–C) groups is 1. The number of amidine groups is 1. The van der Waals surface area contributed by atoms with Gasteiger partial charge >= 0.3 is 0 Å². The van der Waals surface area contributed by atoms with Crippen molar-refractivity contribution < 1.29 is 18.3 Å². The van der Waals surface area contributed by atoms with E-state index >= 15 is 0 Å². The first-order chi connectivity index (χ1) is 13.0. The second-order valence-electron chi connectivity index (χ2n) is 6.41. The second-order valence-corrected chi connectivity index (χ2v) is 7.45. The fourth-order valence-electron chi connectivity index (χ4n) is 3.33. The molecule has 4 rings (SSSR count). The Balaban J connectivity index is 1.67. The molecule has 1 amide bonds. The van der Waals surface area contributed by atoms with E-state index in [2.05, 4.69) is 15.3 Å². The first-order valence-corrected chi connectivity index (χ1v) is 9.25. The third kappa shape index (κ3) is 3.28. The number of fused-ring (bicyclic) bond motifs is 1. The van der Waals surface area contributed by atoms with Gasteiger partial charge in [-0.3, -0.25) is 4.79 Å². The molecule has 0 saturated carbocycles. The highest BCUT2D eigenvalue weighted by Crippen LogP contribution is 2.45. The number of thioether (sulfide) groups is 1. The van der Waals surface area contributed by atoms with Gasteiger partial charge in [0.15, 0.2) is 5.17 Å². The average Bonchev–Trinajstić information content (AvgIpc) is 3.07. The number of pyridine rings is 1. The fraction of sp³-hybridized carbons (Fsp3) is 0.278. The third-order valence-electron chi connectivity index (χ3n) is 4.71. The lowest BCUT2D eigenvalue weighted by Gasteiger charge is -2.34. The summed E-state index contributed by atoms with van der Waals surface area (Å²) in [6.45, 7) is 0.700. The van der Waals surface area contributed by atoms with Crippen LogP contribution < -0.4 is 11.1 Å². The van der Waals surface area contributed by atoms with E-state index in [4.69, 9.17) is 10.5 Å². The quantitative estimate of drug-likeness (QED) is 0.841. The number of hydrogen-bond donors (Lipinski definition) is 2. The maximum absolute atomic E-state index is 14.7. The highest BCUT2D eigenvalue weighted by molar-refractivity contribution is 8.13. The summed E-state index contributed by atoms with van der Waals surface area (Å²) < 4.78 is 33.2. The molecule has 1 fully saturated rings. The van der Waals surface area contributed by atoms with Gasteiger partial charge in [0, 0.05) is 22.9 Å². The van der Waals surface area contributed by atoms with Crippen LogP contribution in [0.3, 0.4) is 0 Å². The molecule has 1 saturated heterocycles. The number of carbonyl (C=O) groups excluding carboxylic acids is 1. The van der Waals surface area contributed by atoms with E-state index in [0.29, 0.717) is 28.8 Å². The number of amides is 1. The zero-order valence-electron chi connectivity index (χ0n) is 14.1. The van der Waals surface area contributed by atoms with Gasteiger partial charge in [0.2, 0.25) is 0 Å². The van der Waals surface area contributed by atoms with E-state index in [9.17, 15) is 13.6 Å². The van der Waals surface area contributed by atoms with Gasteiger partial charge in [0.1, 0.15) is 22.9 Å². The minimum atomic E-state index is -0.895. The predicted molar refractivity (Wildman–Crippen MR) is 98.6 cm³/mol. The van der Waals surface area contributed by atoms with Crippen molar-refractivity contribution in [1.82, 2.24) is 4.98 Å². The number of benzene rings is 1. The summed E-state index contributed by atoms with van der Waals surface area (Å²) in [6.07, 6.45) is 0.960. The van der Waals surface area contributed by atoms with Gasteiger partial charge in [-0.25, -0.2) is 18.8 Å². The Morgan fingerprint density at radius 3 is 2.96 bits per heavy atom. The van der Waals surface area contributed by atoms with Crippen LogP contribution in [0, 0.1) is 17.6 Å². The SMILES string of the molecule is NC1=N[C@@]2(c3cc(NC(=O)c4ccc(F)cn4)ccc3F)COCC2CS1. The van der Waals surface area contributed by atoms with E-state index in [1.54, 1.807) is 6.07 Å². The standard InChI is InChI=1S/C18H16F2N4O2S/c19-11-1-4-15(22-6-11)16(25)23-12-2-3-14(20)13(5-12)18-9-26-7-10(18)8-27-17(21)24-18/h1-6,10H,7-9H2,(H2,21,24)(H,23,25)/t10?,18-/m0/s1. The molecule has 3 heterocycles. The molecule has 0 aliphatic carbocycles. The molecule has 2 aliphatic heterocycles. The first-order valence-electron chi connectivity index (χ1n) is 8.27. The molecule has 1 aromatic heterocycles. The lowest BCUT2D eigenvalue weighted by molar-refractivity contribution is 0.102. The number of anilines is 1. The molecule has 0 spiro atoms. The Hall–Kier alpha value is -2.52. The smallest absolute Gasteiger partial charge is 0.274 e. The zero-order valence-corrected chi connectivity index (χ0v) is 14.9. The van der Waals surface area contributed by atoms with E-state index in [-0.39, 0.29) is 18.2 Å². The maximum atomic E-state index is 14.7. The highest BCUT2D eigenvalue weighted by atomic mass is 32.2. The van der Waals surface area contributed by atoms with Crippen LogP contribution in [0.4, 0.5) is 14.5 Å². The summed E-state index contributed by atoms with van der Waals surface area (Å²) in [7, 11) is 0. The molecule has 3 N–H and O–H groups in total. The van der Waals surface area contributed by atoms with Crippen LogP contribution in [0.1, 0.15) is 16.1 Å². The van der Waals surface area contributed by atoms with Crippen molar-refractivity contribution in [2.45, 2.75) is 5.54 Å². The van der Waals surface area contributed by atoms with Crippen LogP contribution >= 0.6 is 11.8 Å². The molecule has 2 aliphatic rings. The van der Waals surface area contributed by atoms with Crippen molar-refractivity contribution in [2.24, 2.45) is 16.6 Å². The van der Waals surface area contributed by atoms with Crippen LogP contribution in [0.15, 0.2) is 41.5 Å². The molecule has 6 nitrogen and oxygen atoms in total. The van der Waals surface area contributed by atoms with Crippen LogP contribution in [0.25, 0.3) is 0 Å². The van der Waals surface area contributed by atoms with Gasteiger partial charge < -0.3 is 15.8 Å². The molecule has 27 heavy (non-hydrogen) atoms. The summed E-state index contributed by atoms with van der Waals surface area (Å²) in [5, 5.41) is 3.05. The van der Waals surface area contributed by atoms with E-state index in [1.807, 2.05) is 0 Å². The topological polar surface area (TPSA) is 89.6 Å².